The van der Waals surface area contributed by atoms with Gasteiger partial charge in [-0.15, -0.1) is 0 Å². The van der Waals surface area contributed by atoms with Gasteiger partial charge in [0.05, 0.1) is 18.9 Å². The quantitative estimate of drug-likeness (QED) is 0.851. The zero-order valence-corrected chi connectivity index (χ0v) is 10.8. The van der Waals surface area contributed by atoms with Crippen LogP contribution in [-0.4, -0.2) is 11.7 Å². The van der Waals surface area contributed by atoms with E-state index in [4.69, 9.17) is 4.42 Å². The number of aryl methyl sites for hydroxylation is 2. The van der Waals surface area contributed by atoms with E-state index in [2.05, 4.69) is 5.32 Å². The maximum atomic E-state index is 10.0. The van der Waals surface area contributed by atoms with Crippen LogP contribution in [0.2, 0.25) is 0 Å². The van der Waals surface area contributed by atoms with Gasteiger partial charge in [0, 0.05) is 6.54 Å². The largest absolute Gasteiger partial charge is 0.468 e. The lowest BCUT2D eigenvalue weighted by Gasteiger charge is -2.12. The standard InChI is InChI=1S/C15H19NO2/c1-11-4-3-5-13(8-11)14(17)9-16-10-15-12(2)6-7-18-15/h3-8,14,16-17H,9-10H2,1-2H3. The Morgan fingerprint density at radius 3 is 2.78 bits per heavy atom. The zero-order chi connectivity index (χ0) is 13.0. The van der Waals surface area contributed by atoms with Crippen LogP contribution in [0.5, 0.6) is 0 Å². The van der Waals surface area contributed by atoms with Crippen LogP contribution in [0.15, 0.2) is 41.0 Å². The van der Waals surface area contributed by atoms with Crippen LogP contribution in [0.3, 0.4) is 0 Å². The van der Waals surface area contributed by atoms with Crippen molar-refractivity contribution in [2.75, 3.05) is 6.54 Å². The number of rotatable bonds is 5. The maximum Gasteiger partial charge on any atom is 0.120 e. The number of aliphatic hydroxyl groups is 1. The average molecular weight is 245 g/mol. The van der Waals surface area contributed by atoms with E-state index < -0.39 is 6.10 Å². The van der Waals surface area contributed by atoms with E-state index in [0.29, 0.717) is 13.1 Å². The molecule has 0 bridgehead atoms. The highest BCUT2D eigenvalue weighted by molar-refractivity contribution is 5.24. The van der Waals surface area contributed by atoms with Gasteiger partial charge in [0.2, 0.25) is 0 Å². The molecule has 3 heteroatoms. The zero-order valence-electron chi connectivity index (χ0n) is 10.8. The molecular formula is C15H19NO2. The van der Waals surface area contributed by atoms with Crippen LogP contribution in [0.25, 0.3) is 0 Å². The molecule has 1 unspecified atom stereocenters. The molecule has 18 heavy (non-hydrogen) atoms. The molecule has 2 N–H and O–H groups in total. The third kappa shape index (κ3) is 3.22. The number of furan rings is 1. The molecule has 0 fully saturated rings. The van der Waals surface area contributed by atoms with E-state index in [-0.39, 0.29) is 0 Å². The minimum Gasteiger partial charge on any atom is -0.468 e. The highest BCUT2D eigenvalue weighted by Gasteiger charge is 2.08. The highest BCUT2D eigenvalue weighted by Crippen LogP contribution is 2.14. The maximum absolute atomic E-state index is 10.0. The Bertz CT molecular complexity index is 505. The molecule has 0 saturated heterocycles. The fourth-order valence-electron chi connectivity index (χ4n) is 1.90. The first-order valence-corrected chi connectivity index (χ1v) is 6.15. The summed E-state index contributed by atoms with van der Waals surface area (Å²) < 4.78 is 5.33. The Morgan fingerprint density at radius 1 is 1.28 bits per heavy atom. The van der Waals surface area contributed by atoms with Crippen molar-refractivity contribution in [1.82, 2.24) is 5.32 Å². The Hall–Kier alpha value is -1.58. The molecule has 96 valence electrons. The van der Waals surface area contributed by atoms with E-state index in [1.54, 1.807) is 6.26 Å². The first kappa shape index (κ1) is 12.9. The van der Waals surface area contributed by atoms with E-state index in [0.717, 1.165) is 22.5 Å². The first-order valence-electron chi connectivity index (χ1n) is 6.15. The van der Waals surface area contributed by atoms with Crippen molar-refractivity contribution < 1.29 is 9.52 Å². The molecule has 0 aliphatic heterocycles. The molecule has 0 spiro atoms. The predicted octanol–water partition coefficient (Wildman–Crippen LogP) is 2.72. The van der Waals surface area contributed by atoms with Crippen molar-refractivity contribution in [1.29, 1.82) is 0 Å². The van der Waals surface area contributed by atoms with Crippen molar-refractivity contribution in [3.8, 4) is 0 Å². The summed E-state index contributed by atoms with van der Waals surface area (Å²) in [5.74, 6) is 0.923. The van der Waals surface area contributed by atoms with E-state index in [9.17, 15) is 5.11 Å². The number of hydrogen-bond acceptors (Lipinski definition) is 3. The normalized spacial score (nSPS) is 12.6. The van der Waals surface area contributed by atoms with Gasteiger partial charge in [0.25, 0.3) is 0 Å². The van der Waals surface area contributed by atoms with E-state index in [1.165, 1.54) is 0 Å². The molecule has 2 aromatic rings. The summed E-state index contributed by atoms with van der Waals surface area (Å²) in [6.45, 7) is 5.19. The first-order chi connectivity index (χ1) is 8.66. The second-order valence-corrected chi connectivity index (χ2v) is 4.59. The van der Waals surface area contributed by atoms with Gasteiger partial charge in [0.15, 0.2) is 0 Å². The Labute approximate surface area is 107 Å². The molecule has 0 amide bonds. The van der Waals surface area contributed by atoms with E-state index in [1.807, 2.05) is 44.2 Å². The fourth-order valence-corrected chi connectivity index (χ4v) is 1.90. The summed E-state index contributed by atoms with van der Waals surface area (Å²) in [5, 5.41) is 13.3. The molecule has 1 aromatic carbocycles. The third-order valence-corrected chi connectivity index (χ3v) is 3.02. The number of benzene rings is 1. The predicted molar refractivity (Wildman–Crippen MR) is 71.3 cm³/mol. The molecule has 1 atom stereocenters. The fraction of sp³-hybridized carbons (Fsp3) is 0.333. The second kappa shape index (κ2) is 5.85. The van der Waals surface area contributed by atoms with Crippen molar-refractivity contribution in [3.63, 3.8) is 0 Å². The Kier molecular flexibility index (Phi) is 4.18. The summed E-state index contributed by atoms with van der Waals surface area (Å²) in [7, 11) is 0. The molecular weight excluding hydrogens is 226 g/mol. The third-order valence-electron chi connectivity index (χ3n) is 3.02. The highest BCUT2D eigenvalue weighted by atomic mass is 16.3. The van der Waals surface area contributed by atoms with Crippen molar-refractivity contribution >= 4 is 0 Å². The molecule has 3 nitrogen and oxygen atoms in total. The minimum atomic E-state index is -0.486. The molecule has 2 rings (SSSR count). The summed E-state index contributed by atoms with van der Waals surface area (Å²) in [6, 6.07) is 9.87. The van der Waals surface area contributed by atoms with Crippen LogP contribution in [-0.2, 0) is 6.54 Å². The minimum absolute atomic E-state index is 0.486. The molecule has 0 saturated carbocycles. The van der Waals surface area contributed by atoms with Gasteiger partial charge < -0.3 is 14.8 Å². The van der Waals surface area contributed by atoms with Gasteiger partial charge in [0.1, 0.15) is 5.76 Å². The molecule has 0 radical (unpaired) electrons. The summed E-state index contributed by atoms with van der Waals surface area (Å²) in [6.07, 6.45) is 1.20. The van der Waals surface area contributed by atoms with Gasteiger partial charge in [-0.3, -0.25) is 0 Å². The molecule has 0 aliphatic rings. The molecule has 1 aromatic heterocycles. The topological polar surface area (TPSA) is 45.4 Å². The summed E-state index contributed by atoms with van der Waals surface area (Å²) in [4.78, 5) is 0. The number of hydrogen-bond donors (Lipinski definition) is 2. The monoisotopic (exact) mass is 245 g/mol. The van der Waals surface area contributed by atoms with Crippen molar-refractivity contribution in [2.45, 2.75) is 26.5 Å². The lowest BCUT2D eigenvalue weighted by atomic mass is 10.1. The lowest BCUT2D eigenvalue weighted by Crippen LogP contribution is -2.21. The van der Waals surface area contributed by atoms with Gasteiger partial charge in [-0.1, -0.05) is 29.8 Å². The summed E-state index contributed by atoms with van der Waals surface area (Å²) in [5.41, 5.74) is 3.24. The van der Waals surface area contributed by atoms with Crippen molar-refractivity contribution in [3.05, 3.63) is 59.0 Å². The van der Waals surface area contributed by atoms with Crippen LogP contribution in [0.1, 0.15) is 28.6 Å². The van der Waals surface area contributed by atoms with Gasteiger partial charge in [-0.25, -0.2) is 0 Å². The second-order valence-electron chi connectivity index (χ2n) is 4.59. The lowest BCUT2D eigenvalue weighted by molar-refractivity contribution is 0.173. The van der Waals surface area contributed by atoms with Crippen LogP contribution >= 0.6 is 0 Å². The van der Waals surface area contributed by atoms with Crippen LogP contribution < -0.4 is 5.32 Å². The van der Waals surface area contributed by atoms with Gasteiger partial charge in [-0.05, 0) is 31.0 Å². The van der Waals surface area contributed by atoms with Crippen LogP contribution in [0, 0.1) is 13.8 Å². The van der Waals surface area contributed by atoms with Gasteiger partial charge >= 0.3 is 0 Å². The van der Waals surface area contributed by atoms with Crippen molar-refractivity contribution in [2.24, 2.45) is 0 Å². The van der Waals surface area contributed by atoms with E-state index >= 15 is 0 Å². The SMILES string of the molecule is Cc1cccc(C(O)CNCc2occc2C)c1. The Morgan fingerprint density at radius 2 is 2.11 bits per heavy atom. The smallest absolute Gasteiger partial charge is 0.120 e. The van der Waals surface area contributed by atoms with Gasteiger partial charge in [-0.2, -0.15) is 0 Å². The number of nitrogens with one attached hydrogen (secondary N) is 1. The number of aliphatic hydroxyl groups excluding tert-OH is 1. The molecule has 1 heterocycles. The summed E-state index contributed by atoms with van der Waals surface area (Å²) >= 11 is 0. The van der Waals surface area contributed by atoms with Crippen LogP contribution in [0.4, 0.5) is 0 Å². The average Bonchev–Trinajstić information content (AvgIpc) is 2.75. The Balaban J connectivity index is 1.85. The molecule has 0 aliphatic carbocycles.